The van der Waals surface area contributed by atoms with Gasteiger partial charge < -0.3 is 36.3 Å². The van der Waals surface area contributed by atoms with Crippen molar-refractivity contribution in [3.8, 4) is 11.1 Å². The molecule has 2 aromatic carbocycles. The van der Waals surface area contributed by atoms with Crippen LogP contribution >= 0.6 is 0 Å². The number of benzene rings is 2. The van der Waals surface area contributed by atoms with Crippen LogP contribution in [-0.2, 0) is 0 Å². The maximum atomic E-state index is 12.5. The summed E-state index contributed by atoms with van der Waals surface area (Å²) >= 11 is 0. The first-order valence-electron chi connectivity index (χ1n) is 7.28. The monoisotopic (exact) mass is 348 g/mol. The first-order valence-corrected chi connectivity index (χ1v) is 7.28. The van der Waals surface area contributed by atoms with Gasteiger partial charge in [-0.2, -0.15) is 0 Å². The lowest BCUT2D eigenvalue weighted by Gasteiger charge is -2.15. The average molecular weight is 348 g/mol. The van der Waals surface area contributed by atoms with E-state index < -0.39 is 14.2 Å². The third-order valence-corrected chi connectivity index (χ3v) is 3.61. The highest BCUT2D eigenvalue weighted by Gasteiger charge is 2.34. The molecule has 0 aliphatic carbocycles. The number of halogens is 6. The normalized spacial score (nSPS) is 12.5. The molecule has 24 heavy (non-hydrogen) atoms. The third-order valence-electron chi connectivity index (χ3n) is 3.61. The molecule has 10 heteroatoms. The van der Waals surface area contributed by atoms with Crippen LogP contribution in [0.3, 0.4) is 0 Å². The van der Waals surface area contributed by atoms with Crippen LogP contribution in [-0.4, -0.2) is 14.2 Å². The van der Waals surface area contributed by atoms with Crippen LogP contribution in [0.2, 0.25) is 0 Å². The van der Waals surface area contributed by atoms with E-state index in [1.165, 1.54) is 24.3 Å². The Hall–Kier alpha value is -1.93. The Morgan fingerprint density at radius 1 is 0.625 bits per heavy atom. The summed E-state index contributed by atoms with van der Waals surface area (Å²) in [5, 5.41) is 0.571. The standard InChI is InChI=1S/C14H16B2F6N2/c1-9-7-11(3-5-13(9)23-15(17,18)19)12-4-6-14(10(2)8-12)24-16(20,21)22/h3-8H,23-24H2,1-2H3. The quantitative estimate of drug-likeness (QED) is 0.473. The Morgan fingerprint density at radius 3 is 1.21 bits per heavy atom. The van der Waals surface area contributed by atoms with Gasteiger partial charge in [0.15, 0.2) is 0 Å². The Labute approximate surface area is 135 Å². The van der Waals surface area contributed by atoms with E-state index in [2.05, 4.69) is 0 Å². The molecular weight excluding hydrogens is 332 g/mol. The Kier molecular flexibility index (Phi) is 5.00. The van der Waals surface area contributed by atoms with Gasteiger partial charge in [0.05, 0.1) is 11.4 Å². The van der Waals surface area contributed by atoms with Crippen LogP contribution in [0.25, 0.3) is 11.1 Å². The molecule has 130 valence electrons. The molecule has 4 N–H and O–H groups in total. The molecule has 0 aliphatic heterocycles. The zero-order valence-electron chi connectivity index (χ0n) is 13.0. The second-order valence-electron chi connectivity index (χ2n) is 5.73. The van der Waals surface area contributed by atoms with Gasteiger partial charge in [0, 0.05) is 11.1 Å². The van der Waals surface area contributed by atoms with Crippen molar-refractivity contribution in [1.29, 1.82) is 0 Å². The summed E-state index contributed by atoms with van der Waals surface area (Å²) in [5.74, 6) is 0. The van der Waals surface area contributed by atoms with Crippen molar-refractivity contribution in [1.82, 2.24) is 0 Å². The molecule has 0 radical (unpaired) electrons. The largest absolute Gasteiger partial charge is 0.734 e. The van der Waals surface area contributed by atoms with E-state index in [0.717, 1.165) is 0 Å². The van der Waals surface area contributed by atoms with Gasteiger partial charge in [0.2, 0.25) is 0 Å². The number of nitrogens with two attached hydrogens (primary N) is 2. The molecule has 0 saturated heterocycles. The maximum absolute atomic E-state index is 12.5. The smallest absolute Gasteiger partial charge is 0.410 e. The molecule has 0 saturated carbocycles. The number of rotatable bonds is 5. The molecule has 0 atom stereocenters. The first kappa shape index (κ1) is 18.4. The van der Waals surface area contributed by atoms with Gasteiger partial charge in [-0.3, -0.25) is 0 Å². The van der Waals surface area contributed by atoms with E-state index in [9.17, 15) is 25.9 Å². The van der Waals surface area contributed by atoms with Crippen LogP contribution in [0.15, 0.2) is 36.4 Å². The van der Waals surface area contributed by atoms with E-state index in [1.807, 2.05) is 0 Å². The lowest BCUT2D eigenvalue weighted by molar-refractivity contribution is -0.471. The van der Waals surface area contributed by atoms with Gasteiger partial charge in [-0.05, 0) is 61.4 Å². The minimum absolute atomic E-state index is 0.0905. The molecule has 0 aromatic heterocycles. The molecule has 0 bridgehead atoms. The molecular formula is C14H16B2F6N2. The molecule has 0 spiro atoms. The summed E-state index contributed by atoms with van der Waals surface area (Å²) in [5.41, 5.74) is 2.41. The zero-order valence-corrected chi connectivity index (χ0v) is 13.0. The van der Waals surface area contributed by atoms with Crippen LogP contribution in [0.5, 0.6) is 0 Å². The Balaban J connectivity index is 2.29. The molecule has 2 nitrogen and oxygen atoms in total. The fourth-order valence-electron chi connectivity index (χ4n) is 2.49. The molecule has 0 fully saturated rings. The molecule has 0 unspecified atom stereocenters. The van der Waals surface area contributed by atoms with E-state index in [1.54, 1.807) is 26.0 Å². The third kappa shape index (κ3) is 5.04. The summed E-state index contributed by atoms with van der Waals surface area (Å²) in [7, 11) is -10.1. The Bertz CT molecular complexity index is 680. The summed E-state index contributed by atoms with van der Waals surface area (Å²) in [4.78, 5) is 0. The van der Waals surface area contributed by atoms with Crippen molar-refractivity contribution in [2.75, 3.05) is 0 Å². The van der Waals surface area contributed by atoms with Crippen molar-refractivity contribution in [2.45, 2.75) is 13.8 Å². The number of hydrogen-bond donors (Lipinski definition) is 2. The minimum atomic E-state index is -5.03. The van der Waals surface area contributed by atoms with Gasteiger partial charge in [-0.1, -0.05) is 0 Å². The molecule has 2 aromatic rings. The number of hydrogen-bond acceptors (Lipinski definition) is 0. The van der Waals surface area contributed by atoms with Gasteiger partial charge in [-0.25, -0.2) is 0 Å². The maximum Gasteiger partial charge on any atom is 0.734 e. The van der Waals surface area contributed by atoms with Crippen molar-refractivity contribution >= 4 is 25.6 Å². The van der Waals surface area contributed by atoms with Crippen LogP contribution in [0.1, 0.15) is 11.1 Å². The zero-order chi connectivity index (χ0) is 18.1. The fraction of sp³-hybridized carbons (Fsp3) is 0.143. The van der Waals surface area contributed by atoms with Gasteiger partial charge in [0.25, 0.3) is 0 Å². The highest BCUT2D eigenvalue weighted by atomic mass is 19.4. The van der Waals surface area contributed by atoms with Crippen molar-refractivity contribution in [3.05, 3.63) is 47.5 Å². The predicted molar refractivity (Wildman–Crippen MR) is 82.7 cm³/mol. The van der Waals surface area contributed by atoms with Crippen LogP contribution in [0.4, 0.5) is 37.3 Å². The SMILES string of the molecule is Cc1cc(-c2ccc([NH2+][B-](F)(F)F)c(C)c2)ccc1[NH2+][B-](F)(F)F. The summed E-state index contributed by atoms with van der Waals surface area (Å²) in [6.45, 7) is 3.14. The second kappa shape index (κ2) is 6.52. The summed E-state index contributed by atoms with van der Waals surface area (Å²) in [6, 6.07) is 9.00. The van der Waals surface area contributed by atoms with Crippen molar-refractivity contribution in [2.24, 2.45) is 0 Å². The number of aryl methyl sites for hydroxylation is 2. The molecule has 2 rings (SSSR count). The predicted octanol–water partition coefficient (Wildman–Crippen LogP) is 3.05. The highest BCUT2D eigenvalue weighted by Crippen LogP contribution is 2.26. The number of quaternary nitrogens is 2. The molecule has 0 aliphatic rings. The molecule has 0 amide bonds. The summed E-state index contributed by atoms with van der Waals surface area (Å²) in [6.07, 6.45) is 0. The van der Waals surface area contributed by atoms with E-state index in [-0.39, 0.29) is 21.8 Å². The van der Waals surface area contributed by atoms with E-state index in [4.69, 9.17) is 0 Å². The molecule has 0 heterocycles. The minimum Gasteiger partial charge on any atom is -0.410 e. The fourth-order valence-corrected chi connectivity index (χ4v) is 2.49. The lowest BCUT2D eigenvalue weighted by Crippen LogP contribution is -2.91. The average Bonchev–Trinajstić information content (AvgIpc) is 2.40. The van der Waals surface area contributed by atoms with Crippen LogP contribution < -0.4 is 10.5 Å². The van der Waals surface area contributed by atoms with E-state index in [0.29, 0.717) is 22.3 Å². The van der Waals surface area contributed by atoms with Crippen molar-refractivity contribution in [3.63, 3.8) is 0 Å². The van der Waals surface area contributed by atoms with Gasteiger partial charge in [-0.15, -0.1) is 0 Å². The first-order chi connectivity index (χ1) is 10.9. The van der Waals surface area contributed by atoms with Crippen LogP contribution in [0, 0.1) is 13.8 Å². The lowest BCUT2D eigenvalue weighted by atomic mass is 9.98. The Morgan fingerprint density at radius 2 is 0.958 bits per heavy atom. The van der Waals surface area contributed by atoms with Gasteiger partial charge in [0.1, 0.15) is 0 Å². The summed E-state index contributed by atoms with van der Waals surface area (Å²) < 4.78 is 74.9. The van der Waals surface area contributed by atoms with E-state index >= 15 is 0 Å². The topological polar surface area (TPSA) is 33.2 Å². The second-order valence-corrected chi connectivity index (χ2v) is 5.73. The van der Waals surface area contributed by atoms with Gasteiger partial charge >= 0.3 is 14.2 Å². The van der Waals surface area contributed by atoms with Crippen molar-refractivity contribution < 1.29 is 36.3 Å². The highest BCUT2D eigenvalue weighted by molar-refractivity contribution is 6.48.